The average Bonchev–Trinajstić information content (AvgIpc) is 2.58. The Balaban J connectivity index is 2.09. The summed E-state index contributed by atoms with van der Waals surface area (Å²) >= 11 is 0. The van der Waals surface area contributed by atoms with E-state index in [1.165, 1.54) is 31.4 Å². The highest BCUT2D eigenvalue weighted by Crippen LogP contribution is 2.24. The number of nitrogens with one attached hydrogen (secondary N) is 1. The van der Waals surface area contributed by atoms with E-state index in [0.29, 0.717) is 11.1 Å². The Labute approximate surface area is 147 Å². The molecule has 0 aliphatic carbocycles. The Morgan fingerprint density at radius 3 is 2.35 bits per heavy atom. The van der Waals surface area contributed by atoms with E-state index in [2.05, 4.69) is 14.2 Å². The zero-order chi connectivity index (χ0) is 19.4. The number of rotatable bonds is 6. The monoisotopic (exact) mass is 389 g/mol. The van der Waals surface area contributed by atoms with Crippen molar-refractivity contribution in [1.82, 2.24) is 4.72 Å². The molecule has 10 heteroatoms. The van der Waals surface area contributed by atoms with Gasteiger partial charge in [0, 0.05) is 12.6 Å². The molecule has 2 rings (SSSR count). The van der Waals surface area contributed by atoms with Crippen LogP contribution in [-0.4, -0.2) is 27.9 Å². The molecular weight excluding hydrogens is 375 g/mol. The van der Waals surface area contributed by atoms with Gasteiger partial charge >= 0.3 is 12.3 Å². The van der Waals surface area contributed by atoms with Crippen molar-refractivity contribution in [3.8, 4) is 5.75 Å². The molecule has 0 atom stereocenters. The SMILES string of the molecule is COC(=O)c1ccc(CNS(=O)(=O)c2cccc(OC(F)(F)F)c2)cc1. The second kappa shape index (κ2) is 7.75. The number of methoxy groups -OCH3 is 1. The number of benzene rings is 2. The van der Waals surface area contributed by atoms with Crippen LogP contribution in [0.5, 0.6) is 5.75 Å². The Bertz CT molecular complexity index is 880. The highest BCUT2D eigenvalue weighted by atomic mass is 32.2. The molecule has 0 saturated heterocycles. The lowest BCUT2D eigenvalue weighted by atomic mass is 10.1. The van der Waals surface area contributed by atoms with Crippen molar-refractivity contribution in [3.05, 3.63) is 59.7 Å². The molecular formula is C16H14F3NO5S. The van der Waals surface area contributed by atoms with Crippen LogP contribution in [0.1, 0.15) is 15.9 Å². The summed E-state index contributed by atoms with van der Waals surface area (Å²) < 4.78 is 71.7. The molecule has 6 nitrogen and oxygen atoms in total. The molecule has 2 aromatic rings. The topological polar surface area (TPSA) is 81.7 Å². The van der Waals surface area contributed by atoms with Crippen molar-refractivity contribution >= 4 is 16.0 Å². The lowest BCUT2D eigenvalue weighted by Gasteiger charge is -2.11. The Hall–Kier alpha value is -2.59. The third-order valence-electron chi connectivity index (χ3n) is 3.19. The molecule has 0 bridgehead atoms. The van der Waals surface area contributed by atoms with Gasteiger partial charge in [-0.2, -0.15) is 0 Å². The largest absolute Gasteiger partial charge is 0.573 e. The number of esters is 1. The first kappa shape index (κ1) is 19.7. The van der Waals surface area contributed by atoms with E-state index in [4.69, 9.17) is 0 Å². The summed E-state index contributed by atoms with van der Waals surface area (Å²) in [6.07, 6.45) is -4.92. The van der Waals surface area contributed by atoms with Gasteiger partial charge in [0.15, 0.2) is 0 Å². The Morgan fingerprint density at radius 2 is 1.77 bits per heavy atom. The molecule has 140 valence electrons. The highest BCUT2D eigenvalue weighted by Gasteiger charge is 2.31. The smallest absolute Gasteiger partial charge is 0.465 e. The van der Waals surface area contributed by atoms with Crippen LogP contribution in [-0.2, 0) is 21.3 Å². The van der Waals surface area contributed by atoms with Crippen molar-refractivity contribution in [2.45, 2.75) is 17.8 Å². The summed E-state index contributed by atoms with van der Waals surface area (Å²) in [5.74, 6) is -1.17. The van der Waals surface area contributed by atoms with Gasteiger partial charge in [0.2, 0.25) is 10.0 Å². The normalized spacial score (nSPS) is 11.8. The van der Waals surface area contributed by atoms with Gasteiger partial charge in [-0.15, -0.1) is 13.2 Å². The Morgan fingerprint density at radius 1 is 1.12 bits per heavy atom. The fraction of sp³-hybridized carbons (Fsp3) is 0.188. The summed E-state index contributed by atoms with van der Waals surface area (Å²) in [6.45, 7) is -0.117. The zero-order valence-electron chi connectivity index (χ0n) is 13.4. The quantitative estimate of drug-likeness (QED) is 0.769. The molecule has 0 heterocycles. The molecule has 2 aromatic carbocycles. The predicted octanol–water partition coefficient (Wildman–Crippen LogP) is 2.85. The van der Waals surface area contributed by atoms with Gasteiger partial charge in [-0.1, -0.05) is 18.2 Å². The minimum Gasteiger partial charge on any atom is -0.465 e. The third-order valence-corrected chi connectivity index (χ3v) is 4.59. The van der Waals surface area contributed by atoms with Gasteiger partial charge < -0.3 is 9.47 Å². The van der Waals surface area contributed by atoms with E-state index >= 15 is 0 Å². The molecule has 0 aliphatic heterocycles. The molecule has 1 N–H and O–H groups in total. The van der Waals surface area contributed by atoms with Crippen LogP contribution in [0.4, 0.5) is 13.2 Å². The number of alkyl halides is 3. The first-order chi connectivity index (χ1) is 12.1. The summed E-state index contributed by atoms with van der Waals surface area (Å²) in [7, 11) is -2.82. The van der Waals surface area contributed by atoms with Crippen LogP contribution in [0.25, 0.3) is 0 Å². The van der Waals surface area contributed by atoms with Crippen molar-refractivity contribution in [2.75, 3.05) is 7.11 Å². The van der Waals surface area contributed by atoms with E-state index in [1.807, 2.05) is 0 Å². The van der Waals surface area contributed by atoms with Crippen molar-refractivity contribution in [3.63, 3.8) is 0 Å². The van der Waals surface area contributed by atoms with Crippen LogP contribution in [0, 0.1) is 0 Å². The van der Waals surface area contributed by atoms with Crippen molar-refractivity contribution < 1.29 is 35.9 Å². The number of hydrogen-bond donors (Lipinski definition) is 1. The van der Waals surface area contributed by atoms with E-state index in [-0.39, 0.29) is 11.4 Å². The van der Waals surface area contributed by atoms with E-state index < -0.39 is 28.1 Å². The first-order valence-electron chi connectivity index (χ1n) is 7.13. The van der Waals surface area contributed by atoms with Gasteiger partial charge in [0.25, 0.3) is 0 Å². The van der Waals surface area contributed by atoms with Crippen molar-refractivity contribution in [2.24, 2.45) is 0 Å². The van der Waals surface area contributed by atoms with Crippen molar-refractivity contribution in [1.29, 1.82) is 0 Å². The fourth-order valence-electron chi connectivity index (χ4n) is 1.98. The van der Waals surface area contributed by atoms with Gasteiger partial charge in [0.05, 0.1) is 17.6 Å². The van der Waals surface area contributed by atoms with Gasteiger partial charge in [0.1, 0.15) is 5.75 Å². The molecule has 0 fully saturated rings. The van der Waals surface area contributed by atoms with E-state index in [1.54, 1.807) is 0 Å². The third kappa shape index (κ3) is 5.46. The number of carbonyl (C=O) groups excluding carboxylic acids is 1. The van der Waals surface area contributed by atoms with E-state index in [0.717, 1.165) is 24.3 Å². The maximum Gasteiger partial charge on any atom is 0.573 e. The highest BCUT2D eigenvalue weighted by molar-refractivity contribution is 7.89. The second-order valence-electron chi connectivity index (χ2n) is 5.04. The molecule has 0 amide bonds. The van der Waals surface area contributed by atoms with Gasteiger partial charge in [-0.05, 0) is 29.8 Å². The fourth-order valence-corrected chi connectivity index (χ4v) is 3.03. The number of hydrogen-bond acceptors (Lipinski definition) is 5. The van der Waals surface area contributed by atoms with Gasteiger partial charge in [-0.3, -0.25) is 0 Å². The number of ether oxygens (including phenoxy) is 2. The van der Waals surface area contributed by atoms with Crippen LogP contribution in [0.15, 0.2) is 53.4 Å². The maximum absolute atomic E-state index is 12.2. The minimum atomic E-state index is -4.92. The van der Waals surface area contributed by atoms with Crippen LogP contribution >= 0.6 is 0 Å². The minimum absolute atomic E-state index is 0.117. The number of carbonyl (C=O) groups is 1. The molecule has 0 spiro atoms. The van der Waals surface area contributed by atoms with Crippen LogP contribution in [0.3, 0.4) is 0 Å². The molecule has 26 heavy (non-hydrogen) atoms. The second-order valence-corrected chi connectivity index (χ2v) is 6.80. The summed E-state index contributed by atoms with van der Waals surface area (Å²) in [4.78, 5) is 11.0. The lowest BCUT2D eigenvalue weighted by molar-refractivity contribution is -0.274. The van der Waals surface area contributed by atoms with Gasteiger partial charge in [-0.25, -0.2) is 17.9 Å². The summed E-state index contributed by atoms with van der Waals surface area (Å²) in [6, 6.07) is 10.0. The molecule has 0 saturated carbocycles. The summed E-state index contributed by atoms with van der Waals surface area (Å²) in [5.41, 5.74) is 0.847. The molecule has 0 aliphatic rings. The predicted molar refractivity (Wildman–Crippen MR) is 84.9 cm³/mol. The number of halogens is 3. The molecule has 0 unspecified atom stereocenters. The summed E-state index contributed by atoms with van der Waals surface area (Å²) in [5, 5.41) is 0. The molecule has 0 aromatic heterocycles. The van der Waals surface area contributed by atoms with Crippen LogP contribution < -0.4 is 9.46 Å². The average molecular weight is 389 g/mol. The van der Waals surface area contributed by atoms with E-state index in [9.17, 15) is 26.4 Å². The number of sulfonamides is 1. The zero-order valence-corrected chi connectivity index (χ0v) is 14.2. The Kier molecular flexibility index (Phi) is 5.88. The van der Waals surface area contributed by atoms with Crippen LogP contribution in [0.2, 0.25) is 0 Å². The standard InChI is InChI=1S/C16H14F3NO5S/c1-24-15(21)12-7-5-11(6-8-12)10-20-26(22,23)14-4-2-3-13(9-14)25-16(17,18)19/h2-9,20H,10H2,1H3. The molecule has 0 radical (unpaired) electrons. The lowest BCUT2D eigenvalue weighted by Crippen LogP contribution is -2.23. The first-order valence-corrected chi connectivity index (χ1v) is 8.62. The maximum atomic E-state index is 12.2.